The minimum atomic E-state index is 0.329. The fraction of sp³-hybridized carbons (Fsp3) is 0.765. The van der Waals surface area contributed by atoms with Crippen molar-refractivity contribution >= 4 is 5.91 Å². The molecule has 3 rings (SSSR count). The van der Waals surface area contributed by atoms with Gasteiger partial charge in [0.25, 0.3) is 0 Å². The minimum absolute atomic E-state index is 0.329. The fourth-order valence-electron chi connectivity index (χ4n) is 3.58. The maximum absolute atomic E-state index is 12.5. The van der Waals surface area contributed by atoms with Crippen LogP contribution in [0.5, 0.6) is 0 Å². The van der Waals surface area contributed by atoms with E-state index in [4.69, 9.17) is 4.52 Å². The van der Waals surface area contributed by atoms with Gasteiger partial charge in [-0.05, 0) is 45.7 Å². The van der Waals surface area contributed by atoms with Crippen molar-refractivity contribution in [1.29, 1.82) is 0 Å². The smallest absolute Gasteiger partial charge is 0.222 e. The van der Waals surface area contributed by atoms with Crippen LogP contribution < -0.4 is 5.32 Å². The zero-order chi connectivity index (χ0) is 16.2. The maximum atomic E-state index is 12.5. The van der Waals surface area contributed by atoms with Gasteiger partial charge in [-0.2, -0.15) is 0 Å². The van der Waals surface area contributed by atoms with Gasteiger partial charge >= 0.3 is 0 Å². The number of rotatable bonds is 4. The van der Waals surface area contributed by atoms with Crippen LogP contribution in [0, 0.1) is 19.8 Å². The van der Waals surface area contributed by atoms with Crippen molar-refractivity contribution in [3.63, 3.8) is 0 Å². The monoisotopic (exact) mass is 320 g/mol. The second-order valence-electron chi connectivity index (χ2n) is 6.88. The Morgan fingerprint density at radius 3 is 2.70 bits per heavy atom. The van der Waals surface area contributed by atoms with Crippen molar-refractivity contribution in [3.8, 4) is 0 Å². The van der Waals surface area contributed by atoms with Gasteiger partial charge in [0.1, 0.15) is 5.76 Å². The molecule has 1 unspecified atom stereocenters. The first-order valence-electron chi connectivity index (χ1n) is 8.76. The van der Waals surface area contributed by atoms with E-state index in [2.05, 4.69) is 15.4 Å². The topological polar surface area (TPSA) is 61.6 Å². The lowest BCUT2D eigenvalue weighted by molar-refractivity contribution is -0.134. The van der Waals surface area contributed by atoms with Gasteiger partial charge < -0.3 is 14.7 Å². The Morgan fingerprint density at radius 1 is 1.30 bits per heavy atom. The number of piperidine rings is 1. The first-order valence-corrected chi connectivity index (χ1v) is 8.76. The molecule has 1 amide bonds. The van der Waals surface area contributed by atoms with Gasteiger partial charge in [-0.3, -0.25) is 9.69 Å². The lowest BCUT2D eigenvalue weighted by Crippen LogP contribution is -2.49. The van der Waals surface area contributed by atoms with E-state index in [1.54, 1.807) is 0 Å². The molecule has 6 heteroatoms. The van der Waals surface area contributed by atoms with Gasteiger partial charge in [0.05, 0.1) is 5.69 Å². The lowest BCUT2D eigenvalue weighted by atomic mass is 9.95. The number of nitrogens with one attached hydrogen (secondary N) is 1. The quantitative estimate of drug-likeness (QED) is 0.907. The largest absolute Gasteiger partial charge is 0.361 e. The van der Waals surface area contributed by atoms with Crippen molar-refractivity contribution in [3.05, 3.63) is 17.0 Å². The first-order chi connectivity index (χ1) is 11.1. The molecule has 6 nitrogen and oxygen atoms in total. The molecule has 0 spiro atoms. The van der Waals surface area contributed by atoms with Gasteiger partial charge in [0.2, 0.25) is 5.91 Å². The van der Waals surface area contributed by atoms with Crippen molar-refractivity contribution in [2.24, 2.45) is 5.92 Å². The number of aryl methyl sites for hydroxylation is 2. The molecule has 3 heterocycles. The number of carbonyl (C=O) groups is 1. The molecule has 1 aromatic rings. The Labute approximate surface area is 138 Å². The van der Waals surface area contributed by atoms with Gasteiger partial charge in [-0.25, -0.2) is 0 Å². The van der Waals surface area contributed by atoms with Crippen LogP contribution in [-0.2, 0) is 11.3 Å². The van der Waals surface area contributed by atoms with E-state index in [1.807, 2.05) is 18.7 Å². The molecular weight excluding hydrogens is 292 g/mol. The molecule has 2 saturated heterocycles. The third-order valence-corrected chi connectivity index (χ3v) is 5.15. The van der Waals surface area contributed by atoms with E-state index >= 15 is 0 Å². The molecule has 0 bridgehead atoms. The maximum Gasteiger partial charge on any atom is 0.222 e. The third-order valence-electron chi connectivity index (χ3n) is 5.15. The molecule has 1 atom stereocenters. The third kappa shape index (κ3) is 4.12. The van der Waals surface area contributed by atoms with Crippen LogP contribution in [-0.4, -0.2) is 60.1 Å². The Bertz CT molecular complexity index is 509. The van der Waals surface area contributed by atoms with Crippen LogP contribution in [0.4, 0.5) is 0 Å². The zero-order valence-electron chi connectivity index (χ0n) is 14.3. The van der Waals surface area contributed by atoms with E-state index < -0.39 is 0 Å². The van der Waals surface area contributed by atoms with Crippen molar-refractivity contribution < 1.29 is 9.32 Å². The zero-order valence-corrected chi connectivity index (χ0v) is 14.3. The summed E-state index contributed by atoms with van der Waals surface area (Å²) in [6, 6.07) is 0. The van der Waals surface area contributed by atoms with Crippen LogP contribution in [0.3, 0.4) is 0 Å². The molecule has 128 valence electrons. The molecular formula is C17H28N4O2. The van der Waals surface area contributed by atoms with Crippen LogP contribution >= 0.6 is 0 Å². The molecule has 2 fully saturated rings. The second kappa shape index (κ2) is 7.45. The van der Waals surface area contributed by atoms with Gasteiger partial charge in [0.15, 0.2) is 0 Å². The number of aromatic nitrogens is 1. The second-order valence-corrected chi connectivity index (χ2v) is 6.88. The summed E-state index contributed by atoms with van der Waals surface area (Å²) >= 11 is 0. The number of hydrogen-bond donors (Lipinski definition) is 1. The fourth-order valence-corrected chi connectivity index (χ4v) is 3.58. The molecule has 0 saturated carbocycles. The van der Waals surface area contributed by atoms with E-state index in [0.717, 1.165) is 57.3 Å². The van der Waals surface area contributed by atoms with E-state index in [1.165, 1.54) is 18.4 Å². The Morgan fingerprint density at radius 2 is 2.09 bits per heavy atom. The van der Waals surface area contributed by atoms with Crippen molar-refractivity contribution in [1.82, 2.24) is 20.3 Å². The Hall–Kier alpha value is -1.40. The SMILES string of the molecule is Cc1noc(C)c1CN1CCN(C(=O)CC2CCCNC2)CC1. The van der Waals surface area contributed by atoms with E-state index in [9.17, 15) is 4.79 Å². The number of piperazine rings is 1. The summed E-state index contributed by atoms with van der Waals surface area (Å²) < 4.78 is 5.23. The molecule has 2 aliphatic rings. The number of nitrogens with zero attached hydrogens (tertiary/aromatic N) is 3. The lowest BCUT2D eigenvalue weighted by Gasteiger charge is -2.35. The highest BCUT2D eigenvalue weighted by Gasteiger charge is 2.25. The van der Waals surface area contributed by atoms with Gasteiger partial charge in [-0.1, -0.05) is 5.16 Å². The van der Waals surface area contributed by atoms with Gasteiger partial charge in [-0.15, -0.1) is 0 Å². The summed E-state index contributed by atoms with van der Waals surface area (Å²) in [4.78, 5) is 16.9. The molecule has 0 aromatic carbocycles. The van der Waals surface area contributed by atoms with Gasteiger partial charge in [0, 0.05) is 44.7 Å². The summed E-state index contributed by atoms with van der Waals surface area (Å²) in [7, 11) is 0. The highest BCUT2D eigenvalue weighted by Crippen LogP contribution is 2.18. The normalized spacial score (nSPS) is 23.2. The first kappa shape index (κ1) is 16.5. The summed E-state index contributed by atoms with van der Waals surface area (Å²) in [5.74, 6) is 1.76. The highest BCUT2D eigenvalue weighted by molar-refractivity contribution is 5.76. The molecule has 0 aliphatic carbocycles. The predicted octanol–water partition coefficient (Wildman–Crippen LogP) is 1.33. The standard InChI is InChI=1S/C17H28N4O2/c1-13-16(14(2)23-19-13)12-20-6-8-21(9-7-20)17(22)10-15-4-3-5-18-11-15/h15,18H,3-12H2,1-2H3. The summed E-state index contributed by atoms with van der Waals surface area (Å²) in [6.07, 6.45) is 3.09. The highest BCUT2D eigenvalue weighted by atomic mass is 16.5. The summed E-state index contributed by atoms with van der Waals surface area (Å²) in [6.45, 7) is 10.5. The average molecular weight is 320 g/mol. The molecule has 0 radical (unpaired) electrons. The number of amides is 1. The van der Waals surface area contributed by atoms with Crippen molar-refractivity contribution in [2.45, 2.75) is 39.7 Å². The molecule has 23 heavy (non-hydrogen) atoms. The number of carbonyl (C=O) groups excluding carboxylic acids is 1. The Balaban J connectivity index is 1.45. The minimum Gasteiger partial charge on any atom is -0.361 e. The number of hydrogen-bond acceptors (Lipinski definition) is 5. The molecule has 2 aliphatic heterocycles. The van der Waals surface area contributed by atoms with Crippen LogP contribution in [0.1, 0.15) is 36.3 Å². The Kier molecular flexibility index (Phi) is 5.33. The predicted molar refractivity (Wildman–Crippen MR) is 88.0 cm³/mol. The van der Waals surface area contributed by atoms with Crippen LogP contribution in [0.2, 0.25) is 0 Å². The molecule has 1 aromatic heterocycles. The summed E-state index contributed by atoms with van der Waals surface area (Å²) in [5, 5.41) is 7.41. The van der Waals surface area contributed by atoms with Crippen LogP contribution in [0.25, 0.3) is 0 Å². The van der Waals surface area contributed by atoms with Crippen LogP contribution in [0.15, 0.2) is 4.52 Å². The van der Waals surface area contributed by atoms with E-state index in [-0.39, 0.29) is 0 Å². The van der Waals surface area contributed by atoms with E-state index in [0.29, 0.717) is 18.2 Å². The average Bonchev–Trinajstić information content (AvgIpc) is 2.88. The summed E-state index contributed by atoms with van der Waals surface area (Å²) in [5.41, 5.74) is 2.17. The molecule has 1 N–H and O–H groups in total. The van der Waals surface area contributed by atoms with Crippen molar-refractivity contribution in [2.75, 3.05) is 39.3 Å².